The van der Waals surface area contributed by atoms with E-state index in [9.17, 15) is 14.4 Å². The molecule has 1 amide bonds. The Morgan fingerprint density at radius 3 is 2.03 bits per heavy atom. The highest BCUT2D eigenvalue weighted by molar-refractivity contribution is 6.09. The van der Waals surface area contributed by atoms with E-state index >= 15 is 0 Å². The number of ketones is 1. The van der Waals surface area contributed by atoms with Crippen LogP contribution in [0.2, 0.25) is 0 Å². The minimum absolute atomic E-state index is 0.106. The van der Waals surface area contributed by atoms with E-state index in [4.69, 9.17) is 9.47 Å². The van der Waals surface area contributed by atoms with Gasteiger partial charge in [-0.1, -0.05) is 36.4 Å². The third-order valence-electron chi connectivity index (χ3n) is 4.29. The van der Waals surface area contributed by atoms with Gasteiger partial charge in [-0.2, -0.15) is 0 Å². The minimum atomic E-state index is -0.568. The molecule has 0 unspecified atom stereocenters. The van der Waals surface area contributed by atoms with Crippen LogP contribution in [0.25, 0.3) is 0 Å². The molecule has 3 aromatic rings. The van der Waals surface area contributed by atoms with Gasteiger partial charge in [0.05, 0.1) is 5.56 Å². The first-order chi connectivity index (χ1) is 14.4. The molecule has 0 saturated heterocycles. The Kier molecular flexibility index (Phi) is 6.60. The van der Waals surface area contributed by atoms with Crippen LogP contribution in [0.5, 0.6) is 11.5 Å². The maximum absolute atomic E-state index is 12.4. The van der Waals surface area contributed by atoms with E-state index in [-0.39, 0.29) is 23.9 Å². The summed E-state index contributed by atoms with van der Waals surface area (Å²) in [6, 6.07) is 21.7. The van der Waals surface area contributed by atoms with E-state index in [0.717, 1.165) is 0 Å². The molecular formula is C24H21NO5. The van der Waals surface area contributed by atoms with Crippen LogP contribution >= 0.6 is 0 Å². The topological polar surface area (TPSA) is 72.9 Å². The number of nitrogens with zero attached hydrogens (tertiary/aromatic N) is 1. The normalized spacial score (nSPS) is 10.2. The van der Waals surface area contributed by atoms with Crippen molar-refractivity contribution in [3.8, 4) is 11.5 Å². The molecule has 0 spiro atoms. The maximum Gasteiger partial charge on any atom is 0.343 e. The fourth-order valence-corrected chi connectivity index (χ4v) is 2.58. The summed E-state index contributed by atoms with van der Waals surface area (Å²) in [6.45, 7) is -0.123. The van der Waals surface area contributed by atoms with E-state index in [1.54, 1.807) is 80.8 Å². The van der Waals surface area contributed by atoms with Gasteiger partial charge in [-0.3, -0.25) is 9.59 Å². The monoisotopic (exact) mass is 403 g/mol. The molecule has 6 nitrogen and oxygen atoms in total. The van der Waals surface area contributed by atoms with Gasteiger partial charge in [0.25, 0.3) is 5.91 Å². The molecule has 30 heavy (non-hydrogen) atoms. The molecule has 0 N–H and O–H groups in total. The number of carbonyl (C=O) groups is 3. The Balaban J connectivity index is 1.64. The van der Waals surface area contributed by atoms with Gasteiger partial charge in [0, 0.05) is 25.2 Å². The first-order valence-corrected chi connectivity index (χ1v) is 9.29. The first-order valence-electron chi connectivity index (χ1n) is 9.29. The second-order valence-electron chi connectivity index (χ2n) is 6.71. The third kappa shape index (κ3) is 5.32. The summed E-state index contributed by atoms with van der Waals surface area (Å²) in [5, 5.41) is 0. The average molecular weight is 403 g/mol. The molecule has 0 saturated carbocycles. The van der Waals surface area contributed by atoms with Crippen molar-refractivity contribution in [2.45, 2.75) is 0 Å². The number of hydrogen-bond donors (Lipinski definition) is 0. The first kappa shape index (κ1) is 20.8. The van der Waals surface area contributed by atoms with Crippen LogP contribution in [0.15, 0.2) is 78.9 Å². The highest BCUT2D eigenvalue weighted by atomic mass is 16.5. The van der Waals surface area contributed by atoms with Crippen LogP contribution in [0.3, 0.4) is 0 Å². The maximum atomic E-state index is 12.4. The molecule has 0 aliphatic carbocycles. The summed E-state index contributed by atoms with van der Waals surface area (Å²) in [7, 11) is 3.27. The lowest BCUT2D eigenvalue weighted by atomic mass is 10.0. The molecule has 3 rings (SSSR count). The zero-order valence-corrected chi connectivity index (χ0v) is 16.7. The zero-order valence-electron chi connectivity index (χ0n) is 16.7. The molecule has 3 aromatic carbocycles. The number of hydrogen-bond acceptors (Lipinski definition) is 5. The molecule has 0 aliphatic rings. The van der Waals surface area contributed by atoms with Crippen LogP contribution < -0.4 is 9.47 Å². The van der Waals surface area contributed by atoms with Crippen molar-refractivity contribution in [3.05, 3.63) is 95.6 Å². The minimum Gasteiger partial charge on any atom is -0.484 e. The Morgan fingerprint density at radius 1 is 0.733 bits per heavy atom. The lowest BCUT2D eigenvalue weighted by Gasteiger charge is -2.12. The quantitative estimate of drug-likeness (QED) is 0.342. The Labute approximate surface area is 174 Å². The number of rotatable bonds is 7. The van der Waals surface area contributed by atoms with E-state index in [1.165, 1.54) is 11.0 Å². The largest absolute Gasteiger partial charge is 0.484 e. The van der Waals surface area contributed by atoms with Crippen molar-refractivity contribution in [1.29, 1.82) is 0 Å². The summed E-state index contributed by atoms with van der Waals surface area (Å²) in [6.07, 6.45) is 0. The van der Waals surface area contributed by atoms with Crippen LogP contribution in [0, 0.1) is 0 Å². The molecule has 0 heterocycles. The second-order valence-corrected chi connectivity index (χ2v) is 6.71. The molecule has 0 fully saturated rings. The molecular weight excluding hydrogens is 382 g/mol. The van der Waals surface area contributed by atoms with E-state index in [1.807, 2.05) is 6.07 Å². The standard InChI is InChI=1S/C24H21NO5/c1-25(2)22(26)16-29-21-10-6-9-19(15-21)24(28)30-20-13-11-18(12-14-20)23(27)17-7-4-3-5-8-17/h3-15H,16H2,1-2H3. The Morgan fingerprint density at radius 2 is 1.37 bits per heavy atom. The molecule has 0 atom stereocenters. The van der Waals surface area contributed by atoms with Gasteiger partial charge in [-0.05, 0) is 42.5 Å². The van der Waals surface area contributed by atoms with E-state index < -0.39 is 5.97 Å². The molecule has 0 bridgehead atoms. The number of likely N-dealkylation sites (N-methyl/N-ethyl adjacent to an activating group) is 1. The van der Waals surface area contributed by atoms with Crippen molar-refractivity contribution in [1.82, 2.24) is 4.90 Å². The van der Waals surface area contributed by atoms with E-state index in [0.29, 0.717) is 22.6 Å². The molecule has 0 aliphatic heterocycles. The van der Waals surface area contributed by atoms with Crippen LogP contribution in [-0.4, -0.2) is 43.3 Å². The summed E-state index contributed by atoms with van der Waals surface area (Å²) >= 11 is 0. The number of esters is 1. The summed E-state index contributed by atoms with van der Waals surface area (Å²) < 4.78 is 10.8. The van der Waals surface area contributed by atoms with Crippen LogP contribution in [0.1, 0.15) is 26.3 Å². The lowest BCUT2D eigenvalue weighted by Crippen LogP contribution is -2.27. The SMILES string of the molecule is CN(C)C(=O)COc1cccc(C(=O)Oc2ccc(C(=O)c3ccccc3)cc2)c1. The number of ether oxygens (including phenoxy) is 2. The van der Waals surface area contributed by atoms with Crippen molar-refractivity contribution in [2.75, 3.05) is 20.7 Å². The number of benzene rings is 3. The van der Waals surface area contributed by atoms with Gasteiger partial charge in [0.2, 0.25) is 0 Å². The van der Waals surface area contributed by atoms with Crippen molar-refractivity contribution in [3.63, 3.8) is 0 Å². The summed E-state index contributed by atoms with van der Waals surface area (Å²) in [5.74, 6) is -0.151. The fraction of sp³-hybridized carbons (Fsp3) is 0.125. The Bertz CT molecular complexity index is 1040. The highest BCUT2D eigenvalue weighted by Gasteiger charge is 2.13. The molecule has 0 aromatic heterocycles. The molecule has 6 heteroatoms. The highest BCUT2D eigenvalue weighted by Crippen LogP contribution is 2.19. The summed E-state index contributed by atoms with van der Waals surface area (Å²) in [4.78, 5) is 37.9. The summed E-state index contributed by atoms with van der Waals surface area (Å²) in [5.41, 5.74) is 1.38. The van der Waals surface area contributed by atoms with E-state index in [2.05, 4.69) is 0 Å². The predicted molar refractivity (Wildman–Crippen MR) is 112 cm³/mol. The number of carbonyl (C=O) groups excluding carboxylic acids is 3. The molecule has 0 radical (unpaired) electrons. The zero-order chi connectivity index (χ0) is 21.5. The Hall–Kier alpha value is -3.93. The molecule has 152 valence electrons. The third-order valence-corrected chi connectivity index (χ3v) is 4.29. The lowest BCUT2D eigenvalue weighted by molar-refractivity contribution is -0.130. The van der Waals surface area contributed by atoms with Gasteiger partial charge >= 0.3 is 5.97 Å². The smallest absolute Gasteiger partial charge is 0.343 e. The second kappa shape index (κ2) is 9.52. The number of amides is 1. The van der Waals surface area contributed by atoms with Gasteiger partial charge in [-0.15, -0.1) is 0 Å². The fourth-order valence-electron chi connectivity index (χ4n) is 2.58. The average Bonchev–Trinajstić information content (AvgIpc) is 2.78. The van der Waals surface area contributed by atoms with Gasteiger partial charge in [0.1, 0.15) is 11.5 Å². The van der Waals surface area contributed by atoms with Crippen molar-refractivity contribution < 1.29 is 23.9 Å². The van der Waals surface area contributed by atoms with Crippen LogP contribution in [-0.2, 0) is 4.79 Å². The predicted octanol–water partition coefficient (Wildman–Crippen LogP) is 3.60. The van der Waals surface area contributed by atoms with Crippen LogP contribution in [0.4, 0.5) is 0 Å². The van der Waals surface area contributed by atoms with Crippen molar-refractivity contribution >= 4 is 17.7 Å². The van der Waals surface area contributed by atoms with Gasteiger partial charge in [0.15, 0.2) is 12.4 Å². The van der Waals surface area contributed by atoms with Gasteiger partial charge in [-0.25, -0.2) is 4.79 Å². The van der Waals surface area contributed by atoms with Crippen molar-refractivity contribution in [2.24, 2.45) is 0 Å². The van der Waals surface area contributed by atoms with Gasteiger partial charge < -0.3 is 14.4 Å².